The fourth-order valence-electron chi connectivity index (χ4n) is 4.80. The predicted molar refractivity (Wildman–Crippen MR) is 145 cm³/mol. The van der Waals surface area contributed by atoms with E-state index in [9.17, 15) is 23.1 Å². The first-order chi connectivity index (χ1) is 19.7. The van der Waals surface area contributed by atoms with Gasteiger partial charge >= 0.3 is 6.03 Å². The van der Waals surface area contributed by atoms with Crippen LogP contribution in [0, 0.1) is 24.4 Å². The zero-order chi connectivity index (χ0) is 29.5. The summed E-state index contributed by atoms with van der Waals surface area (Å²) in [5.41, 5.74) is 1.41. The molecule has 10 nitrogen and oxygen atoms in total. The van der Waals surface area contributed by atoms with Gasteiger partial charge in [-0.1, -0.05) is 18.2 Å². The highest BCUT2D eigenvalue weighted by molar-refractivity contribution is 5.90. The van der Waals surface area contributed by atoms with Gasteiger partial charge in [-0.3, -0.25) is 10.2 Å². The molecule has 1 aromatic heterocycles. The second-order valence-electron chi connectivity index (χ2n) is 9.81. The molecule has 1 aliphatic rings. The Labute approximate surface area is 236 Å². The van der Waals surface area contributed by atoms with E-state index in [1.807, 2.05) is 23.1 Å². The molecule has 4 rings (SSSR count). The van der Waals surface area contributed by atoms with Crippen molar-refractivity contribution in [3.8, 4) is 11.6 Å². The molecule has 2 heterocycles. The van der Waals surface area contributed by atoms with Gasteiger partial charge in [0.25, 0.3) is 0 Å². The van der Waals surface area contributed by atoms with Gasteiger partial charge in [0, 0.05) is 39.8 Å². The number of amides is 2. The molecule has 3 aromatic rings. The Balaban J connectivity index is 1.57. The summed E-state index contributed by atoms with van der Waals surface area (Å²) in [5, 5.41) is 20.2. The van der Waals surface area contributed by atoms with E-state index in [1.165, 1.54) is 11.8 Å². The lowest BCUT2D eigenvalue weighted by atomic mass is 9.94. The molecule has 2 aromatic carbocycles. The Morgan fingerprint density at radius 2 is 1.80 bits per heavy atom. The number of halogens is 3. The van der Waals surface area contributed by atoms with Crippen LogP contribution in [0.2, 0.25) is 0 Å². The summed E-state index contributed by atoms with van der Waals surface area (Å²) in [6.07, 6.45) is -0.873. The number of benzene rings is 2. The van der Waals surface area contributed by atoms with Crippen LogP contribution in [0.15, 0.2) is 42.5 Å². The summed E-state index contributed by atoms with van der Waals surface area (Å²) in [6, 6.07) is 9.88. The van der Waals surface area contributed by atoms with Gasteiger partial charge in [0.2, 0.25) is 5.88 Å². The number of methoxy groups -OCH3 is 2. The van der Waals surface area contributed by atoms with Gasteiger partial charge in [0.05, 0.1) is 30.5 Å². The van der Waals surface area contributed by atoms with E-state index in [2.05, 4.69) is 15.7 Å². The van der Waals surface area contributed by atoms with Crippen molar-refractivity contribution in [3.05, 3.63) is 71.0 Å². The largest absolute Gasteiger partial charge is 0.474 e. The zero-order valence-corrected chi connectivity index (χ0v) is 23.1. The van der Waals surface area contributed by atoms with Gasteiger partial charge in [0.1, 0.15) is 18.5 Å². The maximum atomic E-state index is 14.1. The number of likely N-dealkylation sites (tertiary alicyclic amines) is 1. The van der Waals surface area contributed by atoms with E-state index in [-0.39, 0.29) is 24.7 Å². The lowest BCUT2D eigenvalue weighted by Gasteiger charge is -2.21. The third kappa shape index (κ3) is 7.36. The number of aliphatic hydroxyl groups excluding tert-OH is 1. The quantitative estimate of drug-likeness (QED) is 0.284. The fourth-order valence-corrected chi connectivity index (χ4v) is 4.80. The van der Waals surface area contributed by atoms with Crippen LogP contribution in [0.1, 0.15) is 17.0 Å². The predicted octanol–water partition coefficient (Wildman–Crippen LogP) is 3.22. The van der Waals surface area contributed by atoms with Crippen molar-refractivity contribution >= 4 is 11.8 Å². The third-order valence-corrected chi connectivity index (χ3v) is 6.84. The maximum Gasteiger partial charge on any atom is 0.320 e. The minimum absolute atomic E-state index is 0.0715. The van der Waals surface area contributed by atoms with Crippen LogP contribution in [0.3, 0.4) is 0 Å². The fraction of sp³-hybridized carbons (Fsp3) is 0.429. The molecule has 0 spiro atoms. The highest BCUT2D eigenvalue weighted by Gasteiger charge is 2.36. The molecule has 1 aliphatic heterocycles. The Bertz CT molecular complexity index is 1300. The standard InChI is InChI=1S/C28H34F3N5O5/c1-17-26(36(19-7-5-4-6-8-19)34-27(17)41-16-20(37)15-40-3)33-28(38)32-24-14-35(9-10-39-2)13-21(24)18-11-22(29)25(31)23(30)12-18/h4-8,11-12,20-21,24,37H,9-10,13-16H2,1-3H3,(H2,32,33,38)/t20-,21-,24+/m0/s1. The number of carbonyl (C=O) groups is 1. The second-order valence-corrected chi connectivity index (χ2v) is 9.81. The highest BCUT2D eigenvalue weighted by Crippen LogP contribution is 2.31. The summed E-state index contributed by atoms with van der Waals surface area (Å²) in [5.74, 6) is -4.09. The lowest BCUT2D eigenvalue weighted by molar-refractivity contribution is 0.0311. The molecule has 0 unspecified atom stereocenters. The first-order valence-electron chi connectivity index (χ1n) is 13.1. The van der Waals surface area contributed by atoms with Crippen molar-refractivity contribution in [2.45, 2.75) is 25.0 Å². The number of ether oxygens (including phenoxy) is 3. The topological polar surface area (TPSA) is 110 Å². The molecule has 0 radical (unpaired) electrons. The van der Waals surface area contributed by atoms with E-state index in [1.54, 1.807) is 26.2 Å². The van der Waals surface area contributed by atoms with Gasteiger partial charge in [0.15, 0.2) is 17.5 Å². The number of rotatable bonds is 12. The van der Waals surface area contributed by atoms with Crippen molar-refractivity contribution in [2.24, 2.45) is 0 Å². The van der Waals surface area contributed by atoms with Crippen molar-refractivity contribution < 1.29 is 37.3 Å². The SMILES string of the molecule is COCCN1C[C@@H](NC(=O)Nc2c(C)c(OC[C@@H](O)COC)nn2-c2ccccc2)[C@H](c2cc(F)c(F)c(F)c2)C1. The molecule has 1 saturated heterocycles. The van der Waals surface area contributed by atoms with Crippen LogP contribution >= 0.6 is 0 Å². The minimum atomic E-state index is -1.54. The first kappa shape index (κ1) is 30.3. The van der Waals surface area contributed by atoms with Crippen molar-refractivity contribution in [1.29, 1.82) is 0 Å². The monoisotopic (exact) mass is 577 g/mol. The molecular formula is C28H34F3N5O5. The zero-order valence-electron chi connectivity index (χ0n) is 23.1. The van der Waals surface area contributed by atoms with Crippen LogP contribution in [-0.2, 0) is 9.47 Å². The number of nitrogens with zero attached hydrogens (tertiary/aromatic N) is 3. The number of aliphatic hydroxyl groups is 1. The van der Waals surface area contributed by atoms with Crippen molar-refractivity contribution in [1.82, 2.24) is 20.0 Å². The van der Waals surface area contributed by atoms with Gasteiger partial charge < -0.3 is 24.6 Å². The van der Waals surface area contributed by atoms with E-state index >= 15 is 0 Å². The van der Waals surface area contributed by atoms with Gasteiger partial charge in [-0.25, -0.2) is 22.6 Å². The van der Waals surface area contributed by atoms with Gasteiger partial charge in [-0.05, 0) is 36.8 Å². The van der Waals surface area contributed by atoms with E-state index in [0.29, 0.717) is 43.3 Å². The molecule has 1 fully saturated rings. The molecule has 3 atom stereocenters. The highest BCUT2D eigenvalue weighted by atomic mass is 19.2. The Morgan fingerprint density at radius 1 is 1.10 bits per heavy atom. The molecule has 2 amide bonds. The number of carbonyl (C=O) groups excluding carboxylic acids is 1. The smallest absolute Gasteiger partial charge is 0.320 e. The third-order valence-electron chi connectivity index (χ3n) is 6.84. The summed E-state index contributed by atoms with van der Waals surface area (Å²) >= 11 is 0. The van der Waals surface area contributed by atoms with Crippen LogP contribution < -0.4 is 15.4 Å². The lowest BCUT2D eigenvalue weighted by Crippen LogP contribution is -2.42. The summed E-state index contributed by atoms with van der Waals surface area (Å²) in [4.78, 5) is 15.3. The number of para-hydroxylation sites is 1. The van der Waals surface area contributed by atoms with Gasteiger partial charge in [-0.15, -0.1) is 5.10 Å². The number of urea groups is 1. The second kappa shape index (κ2) is 13.8. The summed E-state index contributed by atoms with van der Waals surface area (Å²) < 4.78 is 59.1. The number of hydrogen-bond donors (Lipinski definition) is 3. The Hall–Kier alpha value is -3.65. The normalized spacial score (nSPS) is 17.9. The first-order valence-corrected chi connectivity index (χ1v) is 13.1. The average Bonchev–Trinajstić information content (AvgIpc) is 3.49. The maximum absolute atomic E-state index is 14.1. The Kier molecular flexibility index (Phi) is 10.2. The minimum Gasteiger partial charge on any atom is -0.474 e. The Morgan fingerprint density at radius 3 is 2.46 bits per heavy atom. The average molecular weight is 578 g/mol. The van der Waals surface area contributed by atoms with Crippen LogP contribution in [0.25, 0.3) is 5.69 Å². The number of aromatic nitrogens is 2. The van der Waals surface area contributed by atoms with Crippen molar-refractivity contribution in [3.63, 3.8) is 0 Å². The molecule has 0 bridgehead atoms. The summed E-state index contributed by atoms with van der Waals surface area (Å²) in [7, 11) is 3.03. The van der Waals surface area contributed by atoms with E-state index in [0.717, 1.165) is 12.1 Å². The molecule has 222 valence electrons. The number of hydrogen-bond acceptors (Lipinski definition) is 7. The van der Waals surface area contributed by atoms with E-state index < -0.39 is 41.5 Å². The van der Waals surface area contributed by atoms with Crippen LogP contribution in [-0.4, -0.2) is 91.6 Å². The number of anilines is 1. The molecule has 41 heavy (non-hydrogen) atoms. The summed E-state index contributed by atoms with van der Waals surface area (Å²) in [6.45, 7) is 3.45. The molecule has 3 N–H and O–H groups in total. The van der Waals surface area contributed by atoms with Crippen LogP contribution in [0.4, 0.5) is 23.8 Å². The molecular weight excluding hydrogens is 543 g/mol. The van der Waals surface area contributed by atoms with Gasteiger partial charge in [-0.2, -0.15) is 0 Å². The van der Waals surface area contributed by atoms with Crippen LogP contribution in [0.5, 0.6) is 5.88 Å². The molecule has 0 saturated carbocycles. The molecule has 0 aliphatic carbocycles. The molecule has 13 heteroatoms. The number of nitrogens with one attached hydrogen (secondary N) is 2. The van der Waals surface area contributed by atoms with Crippen molar-refractivity contribution in [2.75, 3.05) is 59.0 Å². The van der Waals surface area contributed by atoms with E-state index in [4.69, 9.17) is 14.2 Å².